The van der Waals surface area contributed by atoms with Crippen LogP contribution >= 0.6 is 0 Å². The van der Waals surface area contributed by atoms with Gasteiger partial charge in [0.15, 0.2) is 9.84 Å². The Morgan fingerprint density at radius 2 is 2.11 bits per heavy atom. The second-order valence-electron chi connectivity index (χ2n) is 5.81. The van der Waals surface area contributed by atoms with E-state index >= 15 is 0 Å². The Labute approximate surface area is 111 Å². The van der Waals surface area contributed by atoms with Crippen LogP contribution in [-0.4, -0.2) is 56.5 Å². The molecule has 0 radical (unpaired) electrons. The third-order valence-electron chi connectivity index (χ3n) is 4.40. The molecule has 1 saturated carbocycles. The fraction of sp³-hybridized carbons (Fsp3) is 1.00. The first-order valence-electron chi connectivity index (χ1n) is 7.19. The number of nitrogens with one attached hydrogen (secondary N) is 1. The van der Waals surface area contributed by atoms with Crippen LogP contribution in [0.5, 0.6) is 0 Å². The summed E-state index contributed by atoms with van der Waals surface area (Å²) >= 11 is 0. The van der Waals surface area contributed by atoms with Crippen LogP contribution in [0.25, 0.3) is 0 Å². The Bertz CT molecular complexity index is 369. The van der Waals surface area contributed by atoms with Gasteiger partial charge in [-0.1, -0.05) is 13.3 Å². The zero-order chi connectivity index (χ0) is 13.2. The molecule has 1 aliphatic carbocycles. The van der Waals surface area contributed by atoms with E-state index in [9.17, 15) is 8.42 Å². The van der Waals surface area contributed by atoms with Crippen molar-refractivity contribution in [2.75, 3.05) is 31.1 Å². The normalized spacial score (nSPS) is 36.9. The van der Waals surface area contributed by atoms with Crippen LogP contribution in [-0.2, 0) is 9.84 Å². The number of rotatable bonds is 4. The molecule has 1 heterocycles. The van der Waals surface area contributed by atoms with Gasteiger partial charge in [-0.25, -0.2) is 8.42 Å². The molecule has 106 valence electrons. The second kappa shape index (κ2) is 5.88. The van der Waals surface area contributed by atoms with Crippen molar-refractivity contribution in [3.63, 3.8) is 0 Å². The van der Waals surface area contributed by atoms with Gasteiger partial charge in [0, 0.05) is 25.2 Å². The maximum Gasteiger partial charge on any atom is 0.153 e. The highest BCUT2D eigenvalue weighted by molar-refractivity contribution is 7.91. The van der Waals surface area contributed by atoms with Crippen LogP contribution in [0.3, 0.4) is 0 Å². The topological polar surface area (TPSA) is 49.4 Å². The first-order valence-corrected chi connectivity index (χ1v) is 9.02. The summed E-state index contributed by atoms with van der Waals surface area (Å²) in [5.74, 6) is 1.38. The highest BCUT2D eigenvalue weighted by Gasteiger charge is 2.33. The Morgan fingerprint density at radius 3 is 2.78 bits per heavy atom. The fourth-order valence-electron chi connectivity index (χ4n) is 3.39. The zero-order valence-electron chi connectivity index (χ0n) is 11.6. The number of nitrogens with zero attached hydrogens (tertiary/aromatic N) is 1. The average molecular weight is 274 g/mol. The van der Waals surface area contributed by atoms with Crippen LogP contribution in [0.4, 0.5) is 0 Å². The van der Waals surface area contributed by atoms with Crippen molar-refractivity contribution >= 4 is 9.84 Å². The minimum Gasteiger partial charge on any atom is -0.314 e. The molecule has 3 atom stereocenters. The van der Waals surface area contributed by atoms with Crippen molar-refractivity contribution in [3.05, 3.63) is 0 Å². The van der Waals surface area contributed by atoms with E-state index in [4.69, 9.17) is 0 Å². The predicted octanol–water partition coefficient (Wildman–Crippen LogP) is 0.884. The van der Waals surface area contributed by atoms with Crippen molar-refractivity contribution in [1.82, 2.24) is 10.2 Å². The Balaban J connectivity index is 1.89. The van der Waals surface area contributed by atoms with E-state index in [1.807, 2.05) is 6.92 Å². The Hall–Kier alpha value is -0.130. The van der Waals surface area contributed by atoms with Crippen molar-refractivity contribution in [3.8, 4) is 0 Å². The molecule has 1 saturated heterocycles. The minimum atomic E-state index is -2.78. The van der Waals surface area contributed by atoms with Crippen molar-refractivity contribution in [2.24, 2.45) is 5.92 Å². The molecular weight excluding hydrogens is 248 g/mol. The first-order chi connectivity index (χ1) is 8.52. The van der Waals surface area contributed by atoms with E-state index in [0.717, 1.165) is 19.6 Å². The summed E-state index contributed by atoms with van der Waals surface area (Å²) in [6.07, 6.45) is 3.87. The van der Waals surface area contributed by atoms with E-state index in [1.54, 1.807) is 0 Å². The summed E-state index contributed by atoms with van der Waals surface area (Å²) in [6.45, 7) is 7.03. The van der Waals surface area contributed by atoms with E-state index in [0.29, 0.717) is 23.5 Å². The molecule has 0 aromatic heterocycles. The quantitative estimate of drug-likeness (QED) is 0.827. The predicted molar refractivity (Wildman–Crippen MR) is 74.5 cm³/mol. The molecule has 0 bridgehead atoms. The molecule has 1 aliphatic heterocycles. The van der Waals surface area contributed by atoms with Gasteiger partial charge >= 0.3 is 0 Å². The SMILES string of the molecule is CCNC1CCCC1CN1CCS(=O)(=O)CC1C. The van der Waals surface area contributed by atoms with E-state index in [2.05, 4.69) is 17.1 Å². The highest BCUT2D eigenvalue weighted by atomic mass is 32.2. The third-order valence-corrected chi connectivity index (χ3v) is 6.20. The Kier molecular flexibility index (Phi) is 4.67. The van der Waals surface area contributed by atoms with Crippen LogP contribution < -0.4 is 5.32 Å². The minimum absolute atomic E-state index is 0.187. The smallest absolute Gasteiger partial charge is 0.153 e. The van der Waals surface area contributed by atoms with Gasteiger partial charge in [-0.15, -0.1) is 0 Å². The van der Waals surface area contributed by atoms with E-state index < -0.39 is 9.84 Å². The summed E-state index contributed by atoms with van der Waals surface area (Å²) in [6, 6.07) is 0.826. The number of hydrogen-bond donors (Lipinski definition) is 1. The fourth-order valence-corrected chi connectivity index (χ4v) is 5.02. The molecule has 0 amide bonds. The van der Waals surface area contributed by atoms with Crippen LogP contribution in [0, 0.1) is 5.92 Å². The molecule has 5 heteroatoms. The van der Waals surface area contributed by atoms with E-state index in [1.165, 1.54) is 19.3 Å². The van der Waals surface area contributed by atoms with Gasteiger partial charge in [0.1, 0.15) is 0 Å². The lowest BCUT2D eigenvalue weighted by molar-refractivity contribution is 0.179. The molecule has 3 unspecified atom stereocenters. The summed E-state index contributed by atoms with van der Waals surface area (Å²) in [5, 5.41) is 3.57. The lowest BCUT2D eigenvalue weighted by Gasteiger charge is -2.36. The summed E-state index contributed by atoms with van der Waals surface area (Å²) in [7, 11) is -2.78. The van der Waals surface area contributed by atoms with Gasteiger partial charge < -0.3 is 5.32 Å². The monoisotopic (exact) mass is 274 g/mol. The first kappa shape index (κ1) is 14.3. The Morgan fingerprint density at radius 1 is 1.33 bits per heavy atom. The molecule has 1 N–H and O–H groups in total. The van der Waals surface area contributed by atoms with Gasteiger partial charge in [0.05, 0.1) is 11.5 Å². The van der Waals surface area contributed by atoms with Gasteiger partial charge in [-0.3, -0.25) is 4.90 Å². The summed E-state index contributed by atoms with van der Waals surface area (Å²) < 4.78 is 23.1. The molecule has 2 aliphatic rings. The van der Waals surface area contributed by atoms with Gasteiger partial charge in [0.25, 0.3) is 0 Å². The standard InChI is InChI=1S/C13H26N2O2S/c1-3-14-13-6-4-5-12(13)9-15-7-8-18(16,17)10-11(15)2/h11-14H,3-10H2,1-2H3. The molecule has 2 fully saturated rings. The molecular formula is C13H26N2O2S. The average Bonchev–Trinajstić information content (AvgIpc) is 2.70. The van der Waals surface area contributed by atoms with Gasteiger partial charge in [-0.2, -0.15) is 0 Å². The summed E-state index contributed by atoms with van der Waals surface area (Å²) in [4.78, 5) is 2.38. The number of sulfone groups is 1. The highest BCUT2D eigenvalue weighted by Crippen LogP contribution is 2.27. The van der Waals surface area contributed by atoms with Gasteiger partial charge in [0.2, 0.25) is 0 Å². The van der Waals surface area contributed by atoms with Crippen LogP contribution in [0.2, 0.25) is 0 Å². The number of hydrogen-bond acceptors (Lipinski definition) is 4. The summed E-state index contributed by atoms with van der Waals surface area (Å²) in [5.41, 5.74) is 0. The van der Waals surface area contributed by atoms with Crippen molar-refractivity contribution < 1.29 is 8.42 Å². The van der Waals surface area contributed by atoms with Crippen molar-refractivity contribution in [2.45, 2.75) is 45.2 Å². The maximum atomic E-state index is 11.6. The largest absolute Gasteiger partial charge is 0.314 e. The molecule has 0 aromatic carbocycles. The lowest BCUT2D eigenvalue weighted by Crippen LogP contribution is -2.50. The maximum absolute atomic E-state index is 11.6. The molecule has 0 spiro atoms. The van der Waals surface area contributed by atoms with Gasteiger partial charge in [-0.05, 0) is 32.2 Å². The molecule has 0 aromatic rings. The molecule has 4 nitrogen and oxygen atoms in total. The molecule has 18 heavy (non-hydrogen) atoms. The van der Waals surface area contributed by atoms with Crippen molar-refractivity contribution in [1.29, 1.82) is 0 Å². The van der Waals surface area contributed by atoms with E-state index in [-0.39, 0.29) is 6.04 Å². The lowest BCUT2D eigenvalue weighted by atomic mass is 10.0. The zero-order valence-corrected chi connectivity index (χ0v) is 12.4. The van der Waals surface area contributed by atoms with Crippen LogP contribution in [0.1, 0.15) is 33.1 Å². The molecule has 2 rings (SSSR count). The van der Waals surface area contributed by atoms with Crippen LogP contribution in [0.15, 0.2) is 0 Å². The third kappa shape index (κ3) is 3.45. The second-order valence-corrected chi connectivity index (χ2v) is 8.04.